The van der Waals surface area contributed by atoms with Gasteiger partial charge < -0.3 is 10.6 Å². The van der Waals surface area contributed by atoms with Gasteiger partial charge in [-0.2, -0.15) is 13.2 Å². The van der Waals surface area contributed by atoms with Gasteiger partial charge in [-0.05, 0) is 55.3 Å². The molecule has 0 radical (unpaired) electrons. The van der Waals surface area contributed by atoms with E-state index in [0.29, 0.717) is 16.8 Å². The quantitative estimate of drug-likeness (QED) is 0.418. The number of carbonyl (C=O) groups is 2. The average Bonchev–Trinajstić information content (AvgIpc) is 2.63. The van der Waals surface area contributed by atoms with Crippen molar-refractivity contribution >= 4 is 46.4 Å². The van der Waals surface area contributed by atoms with E-state index in [1.54, 1.807) is 25.1 Å². The smallest absolute Gasteiger partial charge is 0.325 e. The van der Waals surface area contributed by atoms with Crippen molar-refractivity contribution in [2.75, 3.05) is 10.6 Å². The third-order valence-electron chi connectivity index (χ3n) is 4.00. The van der Waals surface area contributed by atoms with Crippen LogP contribution in [0.1, 0.15) is 17.5 Å². The SMILES string of the molecule is C=CCC(C(=O)Nc1ccc(Cl)c(C)c1)C(=O)Nc1ccc(Cl)c(C(F)(F)F)c1. The second kappa shape index (κ2) is 9.33. The maximum Gasteiger partial charge on any atom is 0.417 e. The maximum absolute atomic E-state index is 13.0. The van der Waals surface area contributed by atoms with E-state index in [1.807, 2.05) is 0 Å². The number of allylic oxidation sites excluding steroid dienone is 1. The number of amides is 2. The lowest BCUT2D eigenvalue weighted by molar-refractivity contribution is -0.137. The van der Waals surface area contributed by atoms with Crippen LogP contribution in [0.4, 0.5) is 24.5 Å². The predicted molar refractivity (Wildman–Crippen MR) is 108 cm³/mol. The van der Waals surface area contributed by atoms with Crippen LogP contribution in [-0.2, 0) is 15.8 Å². The molecular weight excluding hydrogens is 428 g/mol. The summed E-state index contributed by atoms with van der Waals surface area (Å²) in [6, 6.07) is 7.77. The van der Waals surface area contributed by atoms with Crippen molar-refractivity contribution in [1.82, 2.24) is 0 Å². The maximum atomic E-state index is 13.0. The van der Waals surface area contributed by atoms with Crippen molar-refractivity contribution in [2.24, 2.45) is 5.92 Å². The molecule has 1 atom stereocenters. The summed E-state index contributed by atoms with van der Waals surface area (Å²) in [7, 11) is 0. The lowest BCUT2D eigenvalue weighted by Gasteiger charge is -2.17. The zero-order valence-corrected chi connectivity index (χ0v) is 16.8. The van der Waals surface area contributed by atoms with Crippen molar-refractivity contribution in [1.29, 1.82) is 0 Å². The molecule has 0 aliphatic heterocycles. The summed E-state index contributed by atoms with van der Waals surface area (Å²) < 4.78 is 39.0. The Kier molecular flexibility index (Phi) is 7.32. The number of rotatable bonds is 6. The van der Waals surface area contributed by atoms with Crippen LogP contribution in [0.15, 0.2) is 49.1 Å². The van der Waals surface area contributed by atoms with E-state index in [2.05, 4.69) is 17.2 Å². The number of hydrogen-bond donors (Lipinski definition) is 2. The van der Waals surface area contributed by atoms with E-state index in [9.17, 15) is 22.8 Å². The van der Waals surface area contributed by atoms with Crippen LogP contribution in [0.25, 0.3) is 0 Å². The molecule has 2 N–H and O–H groups in total. The van der Waals surface area contributed by atoms with Crippen LogP contribution in [0.5, 0.6) is 0 Å². The second-order valence-electron chi connectivity index (χ2n) is 6.21. The van der Waals surface area contributed by atoms with E-state index in [1.165, 1.54) is 12.1 Å². The van der Waals surface area contributed by atoms with Gasteiger partial charge in [0.05, 0.1) is 10.6 Å². The highest BCUT2D eigenvalue weighted by Gasteiger charge is 2.34. The summed E-state index contributed by atoms with van der Waals surface area (Å²) in [6.45, 7) is 5.27. The van der Waals surface area contributed by atoms with Crippen molar-refractivity contribution in [3.05, 3.63) is 70.2 Å². The van der Waals surface area contributed by atoms with Gasteiger partial charge in [-0.15, -0.1) is 6.58 Å². The van der Waals surface area contributed by atoms with Crippen LogP contribution >= 0.6 is 23.2 Å². The zero-order chi connectivity index (χ0) is 21.8. The highest BCUT2D eigenvalue weighted by Crippen LogP contribution is 2.36. The molecule has 0 aliphatic carbocycles. The van der Waals surface area contributed by atoms with Gasteiger partial charge in [-0.3, -0.25) is 9.59 Å². The third kappa shape index (κ3) is 5.98. The Labute approximate surface area is 175 Å². The van der Waals surface area contributed by atoms with Crippen LogP contribution in [0.2, 0.25) is 10.0 Å². The molecule has 1 unspecified atom stereocenters. The van der Waals surface area contributed by atoms with Gasteiger partial charge in [0, 0.05) is 16.4 Å². The van der Waals surface area contributed by atoms with Crippen LogP contribution in [-0.4, -0.2) is 11.8 Å². The Balaban J connectivity index is 2.19. The number of benzene rings is 2. The average molecular weight is 445 g/mol. The summed E-state index contributed by atoms with van der Waals surface area (Å²) >= 11 is 11.5. The summed E-state index contributed by atoms with van der Waals surface area (Å²) in [5.41, 5.74) is -0.0473. The molecule has 0 aliphatic rings. The van der Waals surface area contributed by atoms with E-state index in [0.717, 1.165) is 11.6 Å². The number of carbonyl (C=O) groups excluding carboxylic acids is 2. The van der Waals surface area contributed by atoms with E-state index < -0.39 is 34.5 Å². The van der Waals surface area contributed by atoms with E-state index in [-0.39, 0.29) is 12.1 Å². The molecule has 2 aromatic rings. The molecule has 2 rings (SSSR count). The second-order valence-corrected chi connectivity index (χ2v) is 7.03. The lowest BCUT2D eigenvalue weighted by atomic mass is 10.0. The Morgan fingerprint density at radius 1 is 1.03 bits per heavy atom. The number of halogens is 5. The lowest BCUT2D eigenvalue weighted by Crippen LogP contribution is -2.33. The van der Waals surface area contributed by atoms with Crippen molar-refractivity contribution in [3.8, 4) is 0 Å². The summed E-state index contributed by atoms with van der Waals surface area (Å²) in [6.07, 6.45) is -3.31. The zero-order valence-electron chi connectivity index (χ0n) is 15.2. The minimum absolute atomic E-state index is 0.00996. The first-order valence-electron chi connectivity index (χ1n) is 8.38. The molecule has 2 amide bonds. The van der Waals surface area contributed by atoms with Crippen molar-refractivity contribution in [3.63, 3.8) is 0 Å². The van der Waals surface area contributed by atoms with Gasteiger partial charge in [0.15, 0.2) is 0 Å². The normalized spacial score (nSPS) is 12.2. The Bertz CT molecular complexity index is 946. The third-order valence-corrected chi connectivity index (χ3v) is 4.75. The van der Waals surface area contributed by atoms with E-state index >= 15 is 0 Å². The van der Waals surface area contributed by atoms with Crippen LogP contribution in [0, 0.1) is 12.8 Å². The Morgan fingerprint density at radius 2 is 1.55 bits per heavy atom. The molecular formula is C20H17Cl2F3N2O2. The largest absolute Gasteiger partial charge is 0.417 e. The van der Waals surface area contributed by atoms with Gasteiger partial charge in [-0.25, -0.2) is 0 Å². The number of aryl methyl sites for hydroxylation is 1. The number of nitrogens with one attached hydrogen (secondary N) is 2. The topological polar surface area (TPSA) is 58.2 Å². The summed E-state index contributed by atoms with van der Waals surface area (Å²) in [5, 5.41) is 4.95. The summed E-state index contributed by atoms with van der Waals surface area (Å²) in [4.78, 5) is 25.1. The minimum Gasteiger partial charge on any atom is -0.325 e. The van der Waals surface area contributed by atoms with E-state index in [4.69, 9.17) is 23.2 Å². The highest BCUT2D eigenvalue weighted by molar-refractivity contribution is 6.31. The molecule has 0 spiro atoms. The molecule has 0 aromatic heterocycles. The van der Waals surface area contributed by atoms with Crippen molar-refractivity contribution in [2.45, 2.75) is 19.5 Å². The van der Waals surface area contributed by atoms with Gasteiger partial charge in [-0.1, -0.05) is 29.3 Å². The highest BCUT2D eigenvalue weighted by atomic mass is 35.5. The number of alkyl halides is 3. The first kappa shape index (κ1) is 22.8. The number of hydrogen-bond acceptors (Lipinski definition) is 2. The fraction of sp³-hybridized carbons (Fsp3) is 0.200. The molecule has 29 heavy (non-hydrogen) atoms. The predicted octanol–water partition coefficient (Wildman–Crippen LogP) is 6.09. The molecule has 0 saturated heterocycles. The molecule has 0 heterocycles. The molecule has 4 nitrogen and oxygen atoms in total. The first-order chi connectivity index (χ1) is 13.5. The first-order valence-corrected chi connectivity index (χ1v) is 9.14. The van der Waals surface area contributed by atoms with Crippen LogP contribution < -0.4 is 10.6 Å². The fourth-order valence-corrected chi connectivity index (χ4v) is 2.84. The molecule has 0 fully saturated rings. The molecule has 2 aromatic carbocycles. The Hall–Kier alpha value is -2.51. The van der Waals surface area contributed by atoms with Gasteiger partial charge in [0.1, 0.15) is 5.92 Å². The fourth-order valence-electron chi connectivity index (χ4n) is 2.50. The molecule has 0 bridgehead atoms. The minimum atomic E-state index is -4.68. The van der Waals surface area contributed by atoms with Crippen molar-refractivity contribution < 1.29 is 22.8 Å². The molecule has 9 heteroatoms. The monoisotopic (exact) mass is 444 g/mol. The van der Waals surface area contributed by atoms with Gasteiger partial charge in [0.2, 0.25) is 11.8 Å². The summed E-state index contributed by atoms with van der Waals surface area (Å²) in [5.74, 6) is -2.61. The standard InChI is InChI=1S/C20H17Cl2F3N2O2/c1-3-4-14(18(28)26-12-5-7-16(21)11(2)9-12)19(29)27-13-6-8-17(22)15(10-13)20(23,24)25/h3,5-10,14H,1,4H2,2H3,(H,26,28)(H,27,29). The molecule has 154 valence electrons. The number of anilines is 2. The Morgan fingerprint density at radius 3 is 2.03 bits per heavy atom. The molecule has 0 saturated carbocycles. The van der Waals surface area contributed by atoms with Gasteiger partial charge in [0.25, 0.3) is 0 Å². The van der Waals surface area contributed by atoms with Crippen LogP contribution in [0.3, 0.4) is 0 Å². The van der Waals surface area contributed by atoms with Gasteiger partial charge >= 0.3 is 6.18 Å².